The van der Waals surface area contributed by atoms with Crippen LogP contribution >= 0.6 is 31.9 Å². The van der Waals surface area contributed by atoms with E-state index in [9.17, 15) is 9.18 Å². The number of anilines is 2. The van der Waals surface area contributed by atoms with Crippen LogP contribution in [0.3, 0.4) is 0 Å². The molecule has 0 bridgehead atoms. The van der Waals surface area contributed by atoms with Crippen molar-refractivity contribution in [2.24, 2.45) is 0 Å². The molecular weight excluding hydrogens is 379 g/mol. The van der Waals surface area contributed by atoms with E-state index in [0.29, 0.717) is 20.2 Å². The lowest BCUT2D eigenvalue weighted by Gasteiger charge is -2.10. The number of amides is 1. The molecule has 2 rings (SSSR count). The second-order valence-electron chi connectivity index (χ2n) is 3.79. The minimum Gasteiger partial charge on any atom is -0.399 e. The molecule has 0 aliphatic rings. The second kappa shape index (κ2) is 5.71. The van der Waals surface area contributed by atoms with Crippen LogP contribution < -0.4 is 11.1 Å². The summed E-state index contributed by atoms with van der Waals surface area (Å²) in [5.41, 5.74) is 6.54. The van der Waals surface area contributed by atoms with Crippen LogP contribution in [0.2, 0.25) is 0 Å². The number of carbonyl (C=O) groups excluding carboxylic acids is 1. The molecular formula is C13H9Br2FN2O. The summed E-state index contributed by atoms with van der Waals surface area (Å²) in [5.74, 6) is -0.951. The van der Waals surface area contributed by atoms with Gasteiger partial charge in [0.05, 0.1) is 11.3 Å². The number of para-hydroxylation sites is 1. The monoisotopic (exact) mass is 386 g/mol. The molecule has 2 aromatic rings. The summed E-state index contributed by atoms with van der Waals surface area (Å²) in [6, 6.07) is 9.32. The fraction of sp³-hybridized carbons (Fsp3) is 0. The molecule has 0 unspecified atom stereocenters. The zero-order valence-electron chi connectivity index (χ0n) is 9.58. The van der Waals surface area contributed by atoms with Gasteiger partial charge in [0.1, 0.15) is 5.82 Å². The minimum atomic E-state index is -0.511. The standard InChI is InChI=1S/C13H9Br2FN2O/c14-9-5-4-7(17)6-8(9)13(19)18-12-10(15)2-1-3-11(12)16/h1-6H,17H2,(H,18,19). The van der Waals surface area contributed by atoms with Gasteiger partial charge in [-0.15, -0.1) is 0 Å². The predicted molar refractivity (Wildman–Crippen MR) is 80.6 cm³/mol. The van der Waals surface area contributed by atoms with E-state index < -0.39 is 11.7 Å². The van der Waals surface area contributed by atoms with E-state index in [4.69, 9.17) is 5.73 Å². The number of benzene rings is 2. The van der Waals surface area contributed by atoms with Gasteiger partial charge in [-0.1, -0.05) is 6.07 Å². The highest BCUT2D eigenvalue weighted by Crippen LogP contribution is 2.27. The molecule has 0 spiro atoms. The van der Waals surface area contributed by atoms with Crippen molar-refractivity contribution in [2.45, 2.75) is 0 Å². The first-order valence-electron chi connectivity index (χ1n) is 5.29. The molecule has 0 heterocycles. The second-order valence-corrected chi connectivity index (χ2v) is 5.50. The fourth-order valence-electron chi connectivity index (χ4n) is 1.51. The first-order chi connectivity index (χ1) is 8.99. The number of hydrogen-bond acceptors (Lipinski definition) is 2. The Balaban J connectivity index is 2.34. The lowest BCUT2D eigenvalue weighted by atomic mass is 10.2. The van der Waals surface area contributed by atoms with Gasteiger partial charge in [0.15, 0.2) is 0 Å². The fourth-order valence-corrected chi connectivity index (χ4v) is 2.38. The third-order valence-corrected chi connectivity index (χ3v) is 3.79. The van der Waals surface area contributed by atoms with Crippen molar-refractivity contribution in [3.05, 3.63) is 56.7 Å². The maximum absolute atomic E-state index is 13.6. The van der Waals surface area contributed by atoms with Gasteiger partial charge >= 0.3 is 0 Å². The van der Waals surface area contributed by atoms with Crippen molar-refractivity contribution in [3.63, 3.8) is 0 Å². The average molecular weight is 388 g/mol. The Labute approximate surface area is 126 Å². The molecule has 0 aliphatic heterocycles. The topological polar surface area (TPSA) is 55.1 Å². The van der Waals surface area contributed by atoms with Crippen molar-refractivity contribution in [2.75, 3.05) is 11.1 Å². The summed E-state index contributed by atoms with van der Waals surface area (Å²) >= 11 is 6.45. The molecule has 6 heteroatoms. The van der Waals surface area contributed by atoms with Crippen molar-refractivity contribution >= 4 is 49.1 Å². The van der Waals surface area contributed by atoms with Crippen molar-refractivity contribution in [1.29, 1.82) is 0 Å². The number of halogens is 3. The van der Waals surface area contributed by atoms with E-state index >= 15 is 0 Å². The van der Waals surface area contributed by atoms with Gasteiger partial charge in [0, 0.05) is 14.6 Å². The van der Waals surface area contributed by atoms with Gasteiger partial charge in [-0.25, -0.2) is 4.39 Å². The summed E-state index contributed by atoms with van der Waals surface area (Å²) < 4.78 is 14.7. The van der Waals surface area contributed by atoms with Crippen molar-refractivity contribution < 1.29 is 9.18 Å². The van der Waals surface area contributed by atoms with Crippen LogP contribution in [0.4, 0.5) is 15.8 Å². The highest BCUT2D eigenvalue weighted by Gasteiger charge is 2.14. The maximum Gasteiger partial charge on any atom is 0.256 e. The Bertz CT molecular complexity index is 626. The zero-order valence-corrected chi connectivity index (χ0v) is 12.8. The van der Waals surface area contributed by atoms with E-state index in [0.717, 1.165) is 0 Å². The Hall–Kier alpha value is -1.40. The van der Waals surface area contributed by atoms with E-state index in [1.807, 2.05) is 0 Å². The van der Waals surface area contributed by atoms with Crippen LogP contribution in [0.1, 0.15) is 10.4 Å². The first-order valence-corrected chi connectivity index (χ1v) is 6.88. The Kier molecular flexibility index (Phi) is 4.21. The molecule has 0 aromatic heterocycles. The SMILES string of the molecule is Nc1ccc(Br)c(C(=O)Nc2c(F)cccc2Br)c1. The maximum atomic E-state index is 13.6. The van der Waals surface area contributed by atoms with Crippen LogP contribution in [0.25, 0.3) is 0 Å². The number of nitrogens with two attached hydrogens (primary N) is 1. The van der Waals surface area contributed by atoms with Crippen LogP contribution in [-0.2, 0) is 0 Å². The molecule has 0 saturated carbocycles. The molecule has 0 fully saturated rings. The molecule has 0 saturated heterocycles. The summed E-state index contributed by atoms with van der Waals surface area (Å²) in [6.45, 7) is 0. The highest BCUT2D eigenvalue weighted by molar-refractivity contribution is 9.11. The lowest BCUT2D eigenvalue weighted by molar-refractivity contribution is 0.102. The van der Waals surface area contributed by atoms with Crippen LogP contribution in [0.15, 0.2) is 45.3 Å². The summed E-state index contributed by atoms with van der Waals surface area (Å²) in [6.07, 6.45) is 0. The van der Waals surface area contributed by atoms with Gasteiger partial charge in [-0.05, 0) is 62.2 Å². The van der Waals surface area contributed by atoms with Crippen LogP contribution in [-0.4, -0.2) is 5.91 Å². The molecule has 3 nitrogen and oxygen atoms in total. The molecule has 1 amide bonds. The third-order valence-electron chi connectivity index (χ3n) is 2.44. The van der Waals surface area contributed by atoms with Crippen LogP contribution in [0.5, 0.6) is 0 Å². The molecule has 98 valence electrons. The number of carbonyl (C=O) groups is 1. The third kappa shape index (κ3) is 3.13. The van der Waals surface area contributed by atoms with Gasteiger partial charge in [-0.3, -0.25) is 4.79 Å². The number of rotatable bonds is 2. The van der Waals surface area contributed by atoms with E-state index in [1.54, 1.807) is 24.3 Å². The Morgan fingerprint density at radius 3 is 2.58 bits per heavy atom. The summed E-state index contributed by atoms with van der Waals surface area (Å²) in [5, 5.41) is 2.52. The quantitative estimate of drug-likeness (QED) is 0.759. The molecule has 0 atom stereocenters. The predicted octanol–water partition coefficient (Wildman–Crippen LogP) is 4.19. The summed E-state index contributed by atoms with van der Waals surface area (Å²) in [7, 11) is 0. The van der Waals surface area contributed by atoms with Gasteiger partial charge in [0.25, 0.3) is 5.91 Å². The lowest BCUT2D eigenvalue weighted by Crippen LogP contribution is -2.14. The highest BCUT2D eigenvalue weighted by atomic mass is 79.9. The van der Waals surface area contributed by atoms with Gasteiger partial charge in [-0.2, -0.15) is 0 Å². The normalized spacial score (nSPS) is 10.3. The van der Waals surface area contributed by atoms with Crippen LogP contribution in [0, 0.1) is 5.82 Å². The number of nitrogen functional groups attached to an aromatic ring is 1. The van der Waals surface area contributed by atoms with E-state index in [-0.39, 0.29) is 5.69 Å². The van der Waals surface area contributed by atoms with Crippen molar-refractivity contribution in [1.82, 2.24) is 0 Å². The van der Waals surface area contributed by atoms with Gasteiger partial charge < -0.3 is 11.1 Å². The molecule has 0 radical (unpaired) electrons. The summed E-state index contributed by atoms with van der Waals surface area (Å²) in [4.78, 5) is 12.1. The Morgan fingerprint density at radius 2 is 1.89 bits per heavy atom. The van der Waals surface area contributed by atoms with Crippen molar-refractivity contribution in [3.8, 4) is 0 Å². The zero-order chi connectivity index (χ0) is 14.0. The minimum absolute atomic E-state index is 0.0989. The molecule has 2 aromatic carbocycles. The number of nitrogens with one attached hydrogen (secondary N) is 1. The van der Waals surface area contributed by atoms with Gasteiger partial charge in [0.2, 0.25) is 0 Å². The average Bonchev–Trinajstić information content (AvgIpc) is 2.37. The molecule has 19 heavy (non-hydrogen) atoms. The smallest absolute Gasteiger partial charge is 0.256 e. The molecule has 3 N–H and O–H groups in total. The van der Waals surface area contributed by atoms with E-state index in [1.165, 1.54) is 12.1 Å². The Morgan fingerprint density at radius 1 is 1.16 bits per heavy atom. The largest absolute Gasteiger partial charge is 0.399 e. The first kappa shape index (κ1) is 14.0. The number of hydrogen-bond donors (Lipinski definition) is 2. The molecule has 0 aliphatic carbocycles. The van der Waals surface area contributed by atoms with E-state index in [2.05, 4.69) is 37.2 Å².